The Bertz CT molecular complexity index is 1100. The molecule has 3 aromatic rings. The molecule has 0 radical (unpaired) electrons. The van der Waals surface area contributed by atoms with E-state index in [1.54, 1.807) is 4.90 Å². The van der Waals surface area contributed by atoms with E-state index in [-0.39, 0.29) is 17.4 Å². The molecule has 0 unspecified atom stereocenters. The van der Waals surface area contributed by atoms with Crippen LogP contribution in [0.5, 0.6) is 5.75 Å². The van der Waals surface area contributed by atoms with Crippen LogP contribution in [0.25, 0.3) is 11.3 Å². The molecule has 2 aliphatic heterocycles. The molecule has 5 rings (SSSR count). The first kappa shape index (κ1) is 17.8. The number of rotatable bonds is 2. The highest BCUT2D eigenvalue weighted by molar-refractivity contribution is 5.80. The Morgan fingerprint density at radius 1 is 1.17 bits per heavy atom. The van der Waals surface area contributed by atoms with Gasteiger partial charge in [0.05, 0.1) is 5.92 Å². The number of para-hydroxylation sites is 1. The number of halogens is 2. The summed E-state index contributed by atoms with van der Waals surface area (Å²) in [5.74, 6) is -1.26. The van der Waals surface area contributed by atoms with Crippen molar-refractivity contribution in [2.24, 2.45) is 5.92 Å². The molecule has 0 aliphatic carbocycles. The largest absolute Gasteiger partial charge is 0.492 e. The van der Waals surface area contributed by atoms with Crippen LogP contribution < -0.4 is 4.74 Å². The van der Waals surface area contributed by atoms with Crippen LogP contribution in [0, 0.1) is 17.6 Å². The predicted molar refractivity (Wildman–Crippen MR) is 102 cm³/mol. The Kier molecular flexibility index (Phi) is 4.30. The molecule has 0 saturated heterocycles. The van der Waals surface area contributed by atoms with Crippen molar-refractivity contribution in [2.45, 2.75) is 19.4 Å². The number of carbonyl (C=O) groups is 1. The van der Waals surface area contributed by atoms with Crippen LogP contribution in [0.3, 0.4) is 0 Å². The second-order valence-electron chi connectivity index (χ2n) is 7.46. The third kappa shape index (κ3) is 3.06. The highest BCUT2D eigenvalue weighted by Crippen LogP contribution is 2.33. The normalized spacial score (nSPS) is 18.0. The molecule has 7 heteroatoms. The van der Waals surface area contributed by atoms with Gasteiger partial charge in [-0.3, -0.25) is 9.89 Å². The Morgan fingerprint density at radius 3 is 2.93 bits per heavy atom. The van der Waals surface area contributed by atoms with Crippen molar-refractivity contribution in [1.29, 1.82) is 0 Å². The van der Waals surface area contributed by atoms with E-state index in [0.717, 1.165) is 28.6 Å². The standard InChI is InChI=1S/C22H19F2N3O2/c23-17-6-3-5-15(20(17)24)21-16-11-27(9-8-18(16)25-26-21)22(28)14-10-13-4-1-2-7-19(13)29-12-14/h1-7,14H,8-12H2,(H,25,26)/t14-/m1/s1. The first-order chi connectivity index (χ1) is 14.1. The predicted octanol–water partition coefficient (Wildman–Crippen LogP) is 3.49. The van der Waals surface area contributed by atoms with Crippen LogP contribution >= 0.6 is 0 Å². The van der Waals surface area contributed by atoms with Gasteiger partial charge in [-0.2, -0.15) is 5.10 Å². The lowest BCUT2D eigenvalue weighted by Gasteiger charge is -2.32. The topological polar surface area (TPSA) is 58.2 Å². The average molecular weight is 395 g/mol. The first-order valence-electron chi connectivity index (χ1n) is 9.62. The highest BCUT2D eigenvalue weighted by atomic mass is 19.2. The zero-order valence-electron chi connectivity index (χ0n) is 15.6. The fourth-order valence-electron chi connectivity index (χ4n) is 4.14. The summed E-state index contributed by atoms with van der Waals surface area (Å²) in [7, 11) is 0. The van der Waals surface area contributed by atoms with Gasteiger partial charge in [-0.25, -0.2) is 8.78 Å². The molecule has 29 heavy (non-hydrogen) atoms. The first-order valence-corrected chi connectivity index (χ1v) is 9.62. The monoisotopic (exact) mass is 395 g/mol. The summed E-state index contributed by atoms with van der Waals surface area (Å²) in [4.78, 5) is 14.9. The molecular weight excluding hydrogens is 376 g/mol. The molecule has 148 valence electrons. The molecule has 0 spiro atoms. The Labute approximate surface area is 166 Å². The number of nitrogens with one attached hydrogen (secondary N) is 1. The van der Waals surface area contributed by atoms with Crippen LogP contribution in [0.4, 0.5) is 8.78 Å². The number of fused-ring (bicyclic) bond motifs is 2. The van der Waals surface area contributed by atoms with Crippen LogP contribution in [0.2, 0.25) is 0 Å². The molecule has 1 amide bonds. The number of amides is 1. The lowest BCUT2D eigenvalue weighted by molar-refractivity contribution is -0.137. The maximum absolute atomic E-state index is 14.3. The number of H-pyrrole nitrogens is 1. The third-order valence-corrected chi connectivity index (χ3v) is 5.68. The van der Waals surface area contributed by atoms with Gasteiger partial charge in [-0.05, 0) is 30.2 Å². The van der Waals surface area contributed by atoms with Gasteiger partial charge >= 0.3 is 0 Å². The van der Waals surface area contributed by atoms with Crippen molar-refractivity contribution < 1.29 is 18.3 Å². The van der Waals surface area contributed by atoms with E-state index in [9.17, 15) is 13.6 Å². The smallest absolute Gasteiger partial charge is 0.229 e. The van der Waals surface area contributed by atoms with E-state index in [1.807, 2.05) is 24.3 Å². The van der Waals surface area contributed by atoms with Gasteiger partial charge < -0.3 is 9.64 Å². The van der Waals surface area contributed by atoms with E-state index >= 15 is 0 Å². The molecule has 0 fully saturated rings. The van der Waals surface area contributed by atoms with E-state index in [1.165, 1.54) is 12.1 Å². The number of hydrogen-bond donors (Lipinski definition) is 1. The SMILES string of the molecule is O=C([C@H]1COc2ccccc2C1)N1CCc2[nH]nc(-c3cccc(F)c3F)c2C1. The minimum absolute atomic E-state index is 0.0111. The van der Waals surface area contributed by atoms with E-state index in [0.29, 0.717) is 38.2 Å². The summed E-state index contributed by atoms with van der Waals surface area (Å²) in [6, 6.07) is 11.8. The molecule has 0 bridgehead atoms. The van der Waals surface area contributed by atoms with Crippen LogP contribution in [-0.2, 0) is 24.2 Å². The van der Waals surface area contributed by atoms with Gasteiger partial charge in [0.25, 0.3) is 0 Å². The number of carbonyl (C=O) groups excluding carboxylic acids is 1. The maximum Gasteiger partial charge on any atom is 0.229 e. The Morgan fingerprint density at radius 2 is 2.03 bits per heavy atom. The quantitative estimate of drug-likeness (QED) is 0.723. The van der Waals surface area contributed by atoms with Gasteiger partial charge in [-0.1, -0.05) is 24.3 Å². The average Bonchev–Trinajstić information content (AvgIpc) is 3.18. The lowest BCUT2D eigenvalue weighted by Crippen LogP contribution is -2.43. The minimum atomic E-state index is -0.928. The van der Waals surface area contributed by atoms with Gasteiger partial charge in [0, 0.05) is 36.3 Å². The summed E-state index contributed by atoms with van der Waals surface area (Å²) in [6.07, 6.45) is 1.23. The fourth-order valence-corrected chi connectivity index (χ4v) is 4.14. The lowest BCUT2D eigenvalue weighted by atomic mass is 9.94. The van der Waals surface area contributed by atoms with Crippen molar-refractivity contribution in [3.05, 3.63) is 70.9 Å². The van der Waals surface area contributed by atoms with E-state index < -0.39 is 11.6 Å². The van der Waals surface area contributed by atoms with E-state index in [2.05, 4.69) is 10.2 Å². The second-order valence-corrected chi connectivity index (χ2v) is 7.46. The zero-order valence-corrected chi connectivity index (χ0v) is 15.6. The van der Waals surface area contributed by atoms with Crippen molar-refractivity contribution in [3.63, 3.8) is 0 Å². The van der Waals surface area contributed by atoms with Crippen LogP contribution in [0.15, 0.2) is 42.5 Å². The van der Waals surface area contributed by atoms with Crippen molar-refractivity contribution >= 4 is 5.91 Å². The highest BCUT2D eigenvalue weighted by Gasteiger charge is 2.33. The van der Waals surface area contributed by atoms with Crippen molar-refractivity contribution in [1.82, 2.24) is 15.1 Å². The Balaban J connectivity index is 1.39. The molecule has 5 nitrogen and oxygen atoms in total. The number of nitrogens with zero attached hydrogens (tertiary/aromatic N) is 2. The third-order valence-electron chi connectivity index (χ3n) is 5.68. The Hall–Kier alpha value is -3.22. The zero-order chi connectivity index (χ0) is 20.0. The summed E-state index contributed by atoms with van der Waals surface area (Å²) >= 11 is 0. The molecule has 1 N–H and O–H groups in total. The number of aromatic amines is 1. The fraction of sp³-hybridized carbons (Fsp3) is 0.273. The molecular formula is C22H19F2N3O2. The van der Waals surface area contributed by atoms with E-state index in [4.69, 9.17) is 4.74 Å². The molecule has 2 aromatic carbocycles. The number of aromatic nitrogens is 2. The number of benzene rings is 2. The van der Waals surface area contributed by atoms with Crippen LogP contribution in [-0.4, -0.2) is 34.2 Å². The summed E-state index contributed by atoms with van der Waals surface area (Å²) in [6.45, 7) is 1.21. The molecule has 1 aromatic heterocycles. The second kappa shape index (κ2) is 6.99. The van der Waals surface area contributed by atoms with Gasteiger partial charge in [-0.15, -0.1) is 0 Å². The maximum atomic E-state index is 14.3. The van der Waals surface area contributed by atoms with Gasteiger partial charge in [0.1, 0.15) is 18.1 Å². The number of ether oxygens (including phenoxy) is 1. The number of hydrogen-bond acceptors (Lipinski definition) is 3. The van der Waals surface area contributed by atoms with Gasteiger partial charge in [0.2, 0.25) is 5.91 Å². The summed E-state index contributed by atoms with van der Waals surface area (Å²) < 4.78 is 33.7. The van der Waals surface area contributed by atoms with Crippen LogP contribution in [0.1, 0.15) is 16.8 Å². The van der Waals surface area contributed by atoms with Crippen molar-refractivity contribution in [2.75, 3.05) is 13.2 Å². The van der Waals surface area contributed by atoms with Crippen molar-refractivity contribution in [3.8, 4) is 17.0 Å². The minimum Gasteiger partial charge on any atom is -0.492 e. The molecule has 1 atom stereocenters. The molecule has 3 heterocycles. The summed E-state index contributed by atoms with van der Waals surface area (Å²) in [5, 5.41) is 7.13. The summed E-state index contributed by atoms with van der Waals surface area (Å²) in [5.41, 5.74) is 3.09. The molecule has 2 aliphatic rings. The van der Waals surface area contributed by atoms with Gasteiger partial charge in [0.15, 0.2) is 11.6 Å². The molecule has 0 saturated carbocycles.